The zero-order valence-corrected chi connectivity index (χ0v) is 18.8. The van der Waals surface area contributed by atoms with E-state index in [0.717, 1.165) is 25.3 Å². The fourth-order valence-corrected chi connectivity index (χ4v) is 4.39. The van der Waals surface area contributed by atoms with Crippen molar-refractivity contribution >= 4 is 35.2 Å². The highest BCUT2D eigenvalue weighted by atomic mass is 32.2. The van der Waals surface area contributed by atoms with E-state index in [1.54, 1.807) is 0 Å². The highest BCUT2D eigenvalue weighted by molar-refractivity contribution is 8.03. The van der Waals surface area contributed by atoms with E-state index in [2.05, 4.69) is 15.4 Å². The predicted octanol–water partition coefficient (Wildman–Crippen LogP) is 3.95. The van der Waals surface area contributed by atoms with Crippen LogP contribution < -0.4 is 10.6 Å². The first-order valence-electron chi connectivity index (χ1n) is 9.94. The molecule has 2 aromatic carbocycles. The van der Waals surface area contributed by atoms with Crippen molar-refractivity contribution in [2.45, 2.75) is 12.1 Å². The normalized spacial score (nSPS) is 17.9. The summed E-state index contributed by atoms with van der Waals surface area (Å²) in [6, 6.07) is 11.5. The molecule has 7 nitrogen and oxygen atoms in total. The number of carbonyl (C=O) groups excluding carboxylic acids is 3. The molecular formula is C23H17F4N3O4S. The van der Waals surface area contributed by atoms with Gasteiger partial charge in [-0.3, -0.25) is 14.4 Å². The number of nitrogens with zero attached hydrogens (tertiary/aromatic N) is 1. The molecule has 0 unspecified atom stereocenters. The van der Waals surface area contributed by atoms with E-state index in [-0.39, 0.29) is 16.2 Å². The van der Waals surface area contributed by atoms with E-state index in [1.807, 2.05) is 6.07 Å². The fourth-order valence-electron chi connectivity index (χ4n) is 3.55. The van der Waals surface area contributed by atoms with Gasteiger partial charge in [0, 0.05) is 5.92 Å². The molecule has 2 N–H and O–H groups in total. The summed E-state index contributed by atoms with van der Waals surface area (Å²) in [5, 5.41) is 14.2. The summed E-state index contributed by atoms with van der Waals surface area (Å²) in [5.74, 6) is -6.87. The molecule has 2 atom stereocenters. The van der Waals surface area contributed by atoms with Gasteiger partial charge in [0.1, 0.15) is 11.7 Å². The minimum Gasteiger partial charge on any atom is -0.468 e. The van der Waals surface area contributed by atoms with Crippen LogP contribution in [-0.4, -0.2) is 30.6 Å². The number of halogens is 4. The third kappa shape index (κ3) is 5.63. The molecule has 35 heavy (non-hydrogen) atoms. The maximum atomic E-state index is 14.6. The summed E-state index contributed by atoms with van der Waals surface area (Å²) >= 11 is 0.657. The molecule has 0 fully saturated rings. The number of ether oxygens (including phenoxy) is 1. The van der Waals surface area contributed by atoms with Crippen molar-refractivity contribution in [2.75, 3.05) is 18.2 Å². The third-order valence-corrected chi connectivity index (χ3v) is 6.10. The Morgan fingerprint density at radius 1 is 1.17 bits per heavy atom. The van der Waals surface area contributed by atoms with Crippen molar-refractivity contribution in [3.05, 3.63) is 76.1 Å². The average molecular weight is 507 g/mol. The number of thioether (sulfide) groups is 1. The number of alkyl halides is 3. The van der Waals surface area contributed by atoms with Crippen LogP contribution in [0, 0.1) is 23.1 Å². The summed E-state index contributed by atoms with van der Waals surface area (Å²) in [6.07, 6.45) is -4.69. The highest BCUT2D eigenvalue weighted by Crippen LogP contribution is 2.41. The van der Waals surface area contributed by atoms with Gasteiger partial charge in [0.25, 0.3) is 0 Å². The Kier molecular flexibility index (Phi) is 7.81. The molecule has 0 aliphatic carbocycles. The van der Waals surface area contributed by atoms with Crippen LogP contribution in [0.25, 0.3) is 0 Å². The molecule has 0 aromatic heterocycles. The van der Waals surface area contributed by atoms with E-state index >= 15 is 0 Å². The number of allylic oxidation sites excluding steroid dienone is 1. The van der Waals surface area contributed by atoms with Crippen LogP contribution in [-0.2, 0) is 25.3 Å². The number of hydrogen-bond acceptors (Lipinski definition) is 6. The molecule has 2 amide bonds. The van der Waals surface area contributed by atoms with Crippen molar-refractivity contribution in [1.82, 2.24) is 5.32 Å². The number of rotatable bonds is 6. The molecule has 182 valence electrons. The first-order valence-corrected chi connectivity index (χ1v) is 10.9. The number of carbonyl (C=O) groups is 3. The van der Waals surface area contributed by atoms with Crippen molar-refractivity contribution in [3.63, 3.8) is 0 Å². The van der Waals surface area contributed by atoms with Gasteiger partial charge in [-0.15, -0.1) is 0 Å². The Bertz CT molecular complexity index is 1240. The topological polar surface area (TPSA) is 108 Å². The lowest BCUT2D eigenvalue weighted by Gasteiger charge is -2.31. The standard InChI is InChI=1S/C23H17F4N3O4S/c1-34-22(33)19-18(12-6-2-4-8-15(12)24)13(10-28)21(30-20(19)32)35-11-17(31)29-16-9-5-3-7-14(16)23(25,26)27/h2-9,18-19H,11H2,1H3,(H,29,31)(H,30,32)/t18-,19+/m1/s1. The first-order chi connectivity index (χ1) is 16.6. The molecule has 1 aliphatic rings. The van der Waals surface area contributed by atoms with Gasteiger partial charge in [-0.2, -0.15) is 18.4 Å². The second-order valence-corrected chi connectivity index (χ2v) is 8.21. The molecule has 0 spiro atoms. The zero-order valence-electron chi connectivity index (χ0n) is 18.0. The van der Waals surface area contributed by atoms with Gasteiger partial charge in [-0.1, -0.05) is 42.1 Å². The molecule has 0 saturated heterocycles. The van der Waals surface area contributed by atoms with Crippen LogP contribution in [0.2, 0.25) is 0 Å². The molecule has 3 rings (SSSR count). The number of amides is 2. The Balaban J connectivity index is 1.91. The largest absolute Gasteiger partial charge is 0.468 e. The molecule has 2 aromatic rings. The number of benzene rings is 2. The van der Waals surface area contributed by atoms with Gasteiger partial charge >= 0.3 is 12.1 Å². The van der Waals surface area contributed by atoms with Crippen LogP contribution >= 0.6 is 11.8 Å². The second-order valence-electron chi connectivity index (χ2n) is 7.22. The van der Waals surface area contributed by atoms with Crippen molar-refractivity contribution in [3.8, 4) is 6.07 Å². The van der Waals surface area contributed by atoms with E-state index in [4.69, 9.17) is 0 Å². The molecule has 0 radical (unpaired) electrons. The second kappa shape index (κ2) is 10.6. The SMILES string of the molecule is COC(=O)[C@@H]1C(=O)NC(SCC(=O)Nc2ccccc2C(F)(F)F)=C(C#N)[C@H]1c1ccccc1F. The van der Waals surface area contributed by atoms with Gasteiger partial charge in [0.2, 0.25) is 11.8 Å². The first kappa shape index (κ1) is 25.8. The van der Waals surface area contributed by atoms with E-state index in [1.165, 1.54) is 30.3 Å². The minimum absolute atomic E-state index is 0.101. The Hall–Kier alpha value is -3.85. The molecule has 12 heteroatoms. The van der Waals surface area contributed by atoms with E-state index < -0.39 is 58.6 Å². The van der Waals surface area contributed by atoms with Crippen LogP contribution in [0.1, 0.15) is 17.0 Å². The van der Waals surface area contributed by atoms with Gasteiger partial charge in [0.05, 0.1) is 40.8 Å². The van der Waals surface area contributed by atoms with Crippen LogP contribution in [0.4, 0.5) is 23.2 Å². The van der Waals surface area contributed by atoms with Crippen molar-refractivity contribution in [2.24, 2.45) is 5.92 Å². The van der Waals surface area contributed by atoms with Crippen LogP contribution in [0.3, 0.4) is 0 Å². The van der Waals surface area contributed by atoms with E-state index in [9.17, 15) is 37.2 Å². The lowest BCUT2D eigenvalue weighted by molar-refractivity contribution is -0.150. The summed E-state index contributed by atoms with van der Waals surface area (Å²) in [5.41, 5.74) is -1.79. The lowest BCUT2D eigenvalue weighted by Crippen LogP contribution is -2.44. The van der Waals surface area contributed by atoms with Crippen molar-refractivity contribution in [1.29, 1.82) is 5.26 Å². The molecule has 1 heterocycles. The third-order valence-electron chi connectivity index (χ3n) is 5.08. The number of nitriles is 1. The van der Waals surface area contributed by atoms with Crippen LogP contribution in [0.15, 0.2) is 59.1 Å². The van der Waals surface area contributed by atoms with Crippen LogP contribution in [0.5, 0.6) is 0 Å². The minimum atomic E-state index is -4.69. The average Bonchev–Trinajstić information content (AvgIpc) is 2.82. The van der Waals surface area contributed by atoms with Gasteiger partial charge < -0.3 is 15.4 Å². The highest BCUT2D eigenvalue weighted by Gasteiger charge is 2.45. The quantitative estimate of drug-likeness (QED) is 0.348. The molecule has 0 saturated carbocycles. The number of nitrogens with one attached hydrogen (secondary N) is 2. The van der Waals surface area contributed by atoms with Gasteiger partial charge in [-0.05, 0) is 23.8 Å². The summed E-state index contributed by atoms with van der Waals surface area (Å²) in [7, 11) is 1.04. The van der Waals surface area contributed by atoms with Gasteiger partial charge in [-0.25, -0.2) is 4.39 Å². The fraction of sp³-hybridized carbons (Fsp3) is 0.217. The Labute approximate surface area is 201 Å². The lowest BCUT2D eigenvalue weighted by atomic mass is 9.78. The maximum absolute atomic E-state index is 14.6. The Morgan fingerprint density at radius 2 is 1.83 bits per heavy atom. The van der Waals surface area contributed by atoms with Crippen molar-refractivity contribution < 1.29 is 36.7 Å². The number of anilines is 1. The number of hydrogen-bond donors (Lipinski definition) is 2. The molecular weight excluding hydrogens is 490 g/mol. The summed E-state index contributed by atoms with van der Waals surface area (Å²) in [4.78, 5) is 37.4. The monoisotopic (exact) mass is 507 g/mol. The maximum Gasteiger partial charge on any atom is 0.418 e. The molecule has 0 bridgehead atoms. The number of methoxy groups -OCH3 is 1. The molecule has 1 aliphatic heterocycles. The Morgan fingerprint density at radius 3 is 2.46 bits per heavy atom. The smallest absolute Gasteiger partial charge is 0.418 e. The predicted molar refractivity (Wildman–Crippen MR) is 118 cm³/mol. The van der Waals surface area contributed by atoms with Gasteiger partial charge in [0.15, 0.2) is 0 Å². The summed E-state index contributed by atoms with van der Waals surface area (Å²) in [6.45, 7) is 0. The number of para-hydroxylation sites is 1. The summed E-state index contributed by atoms with van der Waals surface area (Å²) < 4.78 is 58.8. The number of esters is 1. The zero-order chi connectivity index (χ0) is 25.8. The van der Waals surface area contributed by atoms with E-state index in [0.29, 0.717) is 11.8 Å².